The molecule has 0 aliphatic carbocycles. The molecule has 102 valence electrons. The summed E-state index contributed by atoms with van der Waals surface area (Å²) in [6.07, 6.45) is 1.21. The SMILES string of the molecule is CCOC(C)(C)CCOC(=O)NC(C)(C)CC. The first-order valence-electron chi connectivity index (χ1n) is 6.31. The van der Waals surface area contributed by atoms with Crippen molar-refractivity contribution in [2.24, 2.45) is 0 Å². The van der Waals surface area contributed by atoms with Gasteiger partial charge in [0.1, 0.15) is 0 Å². The molecule has 0 saturated carbocycles. The van der Waals surface area contributed by atoms with Crippen molar-refractivity contribution in [3.63, 3.8) is 0 Å². The highest BCUT2D eigenvalue weighted by molar-refractivity contribution is 5.68. The average Bonchev–Trinajstić information content (AvgIpc) is 2.16. The first-order chi connectivity index (χ1) is 7.72. The van der Waals surface area contributed by atoms with Crippen molar-refractivity contribution in [3.8, 4) is 0 Å². The van der Waals surface area contributed by atoms with E-state index in [1.807, 2.05) is 41.5 Å². The molecule has 0 bridgehead atoms. The molecule has 0 aromatic carbocycles. The van der Waals surface area contributed by atoms with Crippen LogP contribution in [0.5, 0.6) is 0 Å². The molecule has 1 N–H and O–H groups in total. The van der Waals surface area contributed by atoms with E-state index in [2.05, 4.69) is 5.32 Å². The second-order valence-electron chi connectivity index (χ2n) is 5.44. The fraction of sp³-hybridized carbons (Fsp3) is 0.923. The zero-order valence-electron chi connectivity index (χ0n) is 12.1. The van der Waals surface area contributed by atoms with E-state index in [0.717, 1.165) is 6.42 Å². The number of alkyl carbamates (subject to hydrolysis) is 1. The van der Waals surface area contributed by atoms with Crippen LogP contribution in [0.1, 0.15) is 54.4 Å². The molecule has 1 amide bonds. The van der Waals surface area contributed by atoms with Gasteiger partial charge in [-0.1, -0.05) is 6.92 Å². The molecule has 0 atom stereocenters. The topological polar surface area (TPSA) is 47.6 Å². The van der Waals surface area contributed by atoms with Crippen LogP contribution in [-0.2, 0) is 9.47 Å². The minimum atomic E-state index is -0.357. The fourth-order valence-electron chi connectivity index (χ4n) is 1.25. The standard InChI is InChI=1S/C13H27NO3/c1-7-12(3,4)14-11(15)16-10-9-13(5,6)17-8-2/h7-10H2,1-6H3,(H,14,15). The lowest BCUT2D eigenvalue weighted by Gasteiger charge is -2.26. The molecule has 0 aliphatic heterocycles. The molecule has 0 unspecified atom stereocenters. The number of carbonyl (C=O) groups excluding carboxylic acids is 1. The number of hydrogen-bond donors (Lipinski definition) is 1. The Morgan fingerprint density at radius 3 is 2.24 bits per heavy atom. The summed E-state index contributed by atoms with van der Waals surface area (Å²) in [5.41, 5.74) is -0.457. The van der Waals surface area contributed by atoms with E-state index in [1.54, 1.807) is 0 Å². The smallest absolute Gasteiger partial charge is 0.407 e. The van der Waals surface area contributed by atoms with Crippen molar-refractivity contribution in [1.29, 1.82) is 0 Å². The maximum absolute atomic E-state index is 11.5. The summed E-state index contributed by atoms with van der Waals surface area (Å²) in [7, 11) is 0. The predicted octanol–water partition coefficient (Wildman–Crippen LogP) is 3.11. The molecule has 0 aromatic rings. The molecule has 0 spiro atoms. The average molecular weight is 245 g/mol. The third kappa shape index (κ3) is 8.02. The molecule has 0 rings (SSSR count). The first kappa shape index (κ1) is 16.2. The number of carbonyl (C=O) groups is 1. The van der Waals surface area contributed by atoms with Gasteiger partial charge in [-0.05, 0) is 41.0 Å². The van der Waals surface area contributed by atoms with Gasteiger partial charge in [0.15, 0.2) is 0 Å². The number of rotatable bonds is 7. The second-order valence-corrected chi connectivity index (χ2v) is 5.44. The highest BCUT2D eigenvalue weighted by Gasteiger charge is 2.21. The summed E-state index contributed by atoms with van der Waals surface area (Å²) >= 11 is 0. The van der Waals surface area contributed by atoms with Gasteiger partial charge >= 0.3 is 6.09 Å². The van der Waals surface area contributed by atoms with Crippen molar-refractivity contribution >= 4 is 6.09 Å². The summed E-state index contributed by atoms with van der Waals surface area (Å²) in [5.74, 6) is 0. The van der Waals surface area contributed by atoms with E-state index >= 15 is 0 Å². The second kappa shape index (κ2) is 6.84. The first-order valence-corrected chi connectivity index (χ1v) is 6.31. The highest BCUT2D eigenvalue weighted by atomic mass is 16.6. The van der Waals surface area contributed by atoms with Crippen LogP contribution in [0.25, 0.3) is 0 Å². The number of nitrogens with one attached hydrogen (secondary N) is 1. The predicted molar refractivity (Wildman–Crippen MR) is 69.2 cm³/mol. The highest BCUT2D eigenvalue weighted by Crippen LogP contribution is 2.14. The Bertz CT molecular complexity index is 237. The Labute approximate surface area is 105 Å². The number of ether oxygens (including phenoxy) is 2. The van der Waals surface area contributed by atoms with Gasteiger partial charge in [-0.3, -0.25) is 0 Å². The molecule has 4 nitrogen and oxygen atoms in total. The summed E-state index contributed by atoms with van der Waals surface area (Å²) < 4.78 is 10.7. The van der Waals surface area contributed by atoms with E-state index in [0.29, 0.717) is 19.6 Å². The van der Waals surface area contributed by atoms with Crippen LogP contribution in [0.2, 0.25) is 0 Å². The van der Waals surface area contributed by atoms with E-state index in [4.69, 9.17) is 9.47 Å². The lowest BCUT2D eigenvalue weighted by Crippen LogP contribution is -2.43. The van der Waals surface area contributed by atoms with Gasteiger partial charge in [0.05, 0.1) is 12.2 Å². The van der Waals surface area contributed by atoms with Crippen molar-refractivity contribution < 1.29 is 14.3 Å². The molecule has 0 radical (unpaired) electrons. The number of hydrogen-bond acceptors (Lipinski definition) is 3. The molecule has 17 heavy (non-hydrogen) atoms. The van der Waals surface area contributed by atoms with Crippen LogP contribution >= 0.6 is 0 Å². The maximum atomic E-state index is 11.5. The lowest BCUT2D eigenvalue weighted by atomic mass is 10.0. The van der Waals surface area contributed by atoms with Crippen molar-refractivity contribution in [1.82, 2.24) is 5.32 Å². The Morgan fingerprint density at radius 1 is 1.18 bits per heavy atom. The third-order valence-electron chi connectivity index (χ3n) is 2.80. The van der Waals surface area contributed by atoms with Gasteiger partial charge < -0.3 is 14.8 Å². The van der Waals surface area contributed by atoms with Gasteiger partial charge in [-0.25, -0.2) is 4.79 Å². The van der Waals surface area contributed by atoms with Crippen LogP contribution in [0.3, 0.4) is 0 Å². The normalized spacial score (nSPS) is 12.4. The zero-order valence-corrected chi connectivity index (χ0v) is 12.1. The molecular weight excluding hydrogens is 218 g/mol. The van der Waals surface area contributed by atoms with Gasteiger partial charge in [0.25, 0.3) is 0 Å². The van der Waals surface area contributed by atoms with Crippen molar-refractivity contribution in [2.45, 2.75) is 65.5 Å². The summed E-state index contributed by atoms with van der Waals surface area (Å²) in [6.45, 7) is 13.0. The van der Waals surface area contributed by atoms with Crippen LogP contribution in [0.15, 0.2) is 0 Å². The van der Waals surface area contributed by atoms with Crippen LogP contribution in [0, 0.1) is 0 Å². The molecule has 0 aliphatic rings. The maximum Gasteiger partial charge on any atom is 0.407 e. The van der Waals surface area contributed by atoms with E-state index in [-0.39, 0.29) is 17.2 Å². The summed E-state index contributed by atoms with van der Waals surface area (Å²) in [4.78, 5) is 11.5. The quantitative estimate of drug-likeness (QED) is 0.749. The number of amides is 1. The molecular formula is C13H27NO3. The Hall–Kier alpha value is -0.770. The molecule has 0 heterocycles. The molecule has 0 saturated heterocycles. The lowest BCUT2D eigenvalue weighted by molar-refractivity contribution is -0.0276. The van der Waals surface area contributed by atoms with E-state index in [1.165, 1.54) is 0 Å². The Balaban J connectivity index is 3.86. The van der Waals surface area contributed by atoms with Gasteiger partial charge in [-0.15, -0.1) is 0 Å². The van der Waals surface area contributed by atoms with E-state index < -0.39 is 0 Å². The molecule has 0 aromatic heterocycles. The minimum absolute atomic E-state index is 0.216. The van der Waals surface area contributed by atoms with Crippen molar-refractivity contribution in [3.05, 3.63) is 0 Å². The Morgan fingerprint density at radius 2 is 1.76 bits per heavy atom. The third-order valence-corrected chi connectivity index (χ3v) is 2.80. The molecule has 0 fully saturated rings. The van der Waals surface area contributed by atoms with Gasteiger partial charge in [0.2, 0.25) is 0 Å². The molecule has 4 heteroatoms. The fourth-order valence-corrected chi connectivity index (χ4v) is 1.25. The largest absolute Gasteiger partial charge is 0.449 e. The summed E-state index contributed by atoms with van der Waals surface area (Å²) in [6, 6.07) is 0. The van der Waals surface area contributed by atoms with Gasteiger partial charge in [0, 0.05) is 18.6 Å². The monoisotopic (exact) mass is 245 g/mol. The minimum Gasteiger partial charge on any atom is -0.449 e. The Kier molecular flexibility index (Phi) is 6.53. The summed E-state index contributed by atoms with van der Waals surface area (Å²) in [5, 5.41) is 2.82. The van der Waals surface area contributed by atoms with Crippen molar-refractivity contribution in [2.75, 3.05) is 13.2 Å². The van der Waals surface area contributed by atoms with Crippen LogP contribution in [0.4, 0.5) is 4.79 Å². The zero-order chi connectivity index (χ0) is 13.5. The van der Waals surface area contributed by atoms with E-state index in [9.17, 15) is 4.79 Å². The van der Waals surface area contributed by atoms with Crippen LogP contribution in [-0.4, -0.2) is 30.4 Å². The van der Waals surface area contributed by atoms with Gasteiger partial charge in [-0.2, -0.15) is 0 Å². The van der Waals surface area contributed by atoms with Crippen LogP contribution < -0.4 is 5.32 Å².